The molecule has 1 atom stereocenters. The highest BCUT2D eigenvalue weighted by Crippen LogP contribution is 2.65. The van der Waals surface area contributed by atoms with Gasteiger partial charge >= 0.3 is 0 Å². The maximum atomic E-state index is 7.08. The lowest BCUT2D eigenvalue weighted by Crippen LogP contribution is -2.34. The van der Waals surface area contributed by atoms with Gasteiger partial charge < -0.3 is 4.74 Å². The van der Waals surface area contributed by atoms with Crippen molar-refractivity contribution in [1.29, 1.82) is 0 Å². The van der Waals surface area contributed by atoms with Gasteiger partial charge in [0.1, 0.15) is 11.5 Å². The molecule has 1 aliphatic heterocycles. The second kappa shape index (κ2) is 11.3. The number of ether oxygens (including phenoxy) is 1. The van der Waals surface area contributed by atoms with Crippen molar-refractivity contribution in [1.82, 2.24) is 0 Å². The van der Waals surface area contributed by atoms with Crippen LogP contribution in [0, 0.1) is 0 Å². The number of benzene rings is 9. The van der Waals surface area contributed by atoms with Crippen LogP contribution in [-0.2, 0) is 10.8 Å². The van der Waals surface area contributed by atoms with Crippen LogP contribution >= 0.6 is 0 Å². The van der Waals surface area contributed by atoms with Crippen LogP contribution in [0.2, 0.25) is 0 Å². The second-order valence-electron chi connectivity index (χ2n) is 15.1. The molecule has 55 heavy (non-hydrogen) atoms. The van der Waals surface area contributed by atoms with Gasteiger partial charge in [0, 0.05) is 16.7 Å². The molecule has 1 heterocycles. The Balaban J connectivity index is 1.14. The maximum Gasteiger partial charge on any atom is 0.140 e. The standard InChI is InChI=1S/C54H34O/c1-3-17-37(18-4-1)53(38-19-5-2-6-20-38)48-27-13-14-29-50(48)55-52-40(24-15-28-49(52)53)36-31-33-47-44(34-36)42-23-10-12-26-46(42)54(47)45-25-11-9-22-41(45)43-32-30-35-16-7-8-21-39(35)51(43)54/h1-34H. The Morgan fingerprint density at radius 1 is 0.327 bits per heavy atom. The average Bonchev–Trinajstić information content (AvgIpc) is 3.73. The molecule has 0 N–H and O–H groups in total. The summed E-state index contributed by atoms with van der Waals surface area (Å²) in [5.74, 6) is 1.78. The van der Waals surface area contributed by atoms with Gasteiger partial charge in [-0.3, -0.25) is 0 Å². The van der Waals surface area contributed by atoms with E-state index >= 15 is 0 Å². The van der Waals surface area contributed by atoms with E-state index in [4.69, 9.17) is 4.74 Å². The topological polar surface area (TPSA) is 9.23 Å². The number of hydrogen-bond acceptors (Lipinski definition) is 1. The van der Waals surface area contributed by atoms with Crippen LogP contribution in [-0.4, -0.2) is 0 Å². The molecule has 1 spiro atoms. The van der Waals surface area contributed by atoms with Crippen molar-refractivity contribution < 1.29 is 4.74 Å². The Kier molecular flexibility index (Phi) is 6.25. The van der Waals surface area contributed by atoms with E-state index in [0.29, 0.717) is 0 Å². The smallest absolute Gasteiger partial charge is 0.140 e. The number of para-hydroxylation sites is 2. The summed E-state index contributed by atoms with van der Waals surface area (Å²) in [5, 5.41) is 2.58. The van der Waals surface area contributed by atoms with Crippen molar-refractivity contribution in [2.45, 2.75) is 10.8 Å². The first kappa shape index (κ1) is 30.5. The van der Waals surface area contributed by atoms with Crippen LogP contribution in [0.1, 0.15) is 44.5 Å². The first-order chi connectivity index (χ1) is 27.3. The number of rotatable bonds is 3. The van der Waals surface area contributed by atoms with E-state index in [0.717, 1.165) is 33.8 Å². The molecule has 0 fully saturated rings. The molecule has 3 aliphatic rings. The minimum atomic E-state index is -0.575. The van der Waals surface area contributed by atoms with Crippen LogP contribution in [0.4, 0.5) is 0 Å². The van der Waals surface area contributed by atoms with Gasteiger partial charge in [0.05, 0.1) is 10.8 Å². The minimum Gasteiger partial charge on any atom is -0.456 e. The Labute approximate surface area is 320 Å². The zero-order valence-electron chi connectivity index (χ0n) is 30.0. The highest BCUT2D eigenvalue weighted by atomic mass is 16.5. The third-order valence-corrected chi connectivity index (χ3v) is 12.6. The molecular weight excluding hydrogens is 665 g/mol. The molecule has 256 valence electrons. The molecule has 1 heteroatoms. The Bertz CT molecular complexity index is 2970. The zero-order chi connectivity index (χ0) is 36.1. The van der Waals surface area contributed by atoms with Gasteiger partial charge in [-0.05, 0) is 84.1 Å². The predicted octanol–water partition coefficient (Wildman–Crippen LogP) is 13.3. The molecule has 1 unspecified atom stereocenters. The third-order valence-electron chi connectivity index (χ3n) is 12.6. The summed E-state index contributed by atoms with van der Waals surface area (Å²) in [6.45, 7) is 0. The van der Waals surface area contributed by atoms with E-state index in [1.54, 1.807) is 0 Å². The lowest BCUT2D eigenvalue weighted by Gasteiger charge is -2.42. The van der Waals surface area contributed by atoms with Gasteiger partial charge in [-0.1, -0.05) is 194 Å². The molecule has 12 rings (SSSR count). The lowest BCUT2D eigenvalue weighted by molar-refractivity contribution is 0.436. The SMILES string of the molecule is c1ccc(C2(c3ccccc3)c3ccccc3Oc3c(-c4ccc5c(c4)-c4ccccc4C54c5ccccc5-c5ccc6ccccc6c54)cccc32)cc1. The van der Waals surface area contributed by atoms with E-state index in [1.807, 2.05) is 0 Å². The van der Waals surface area contributed by atoms with E-state index in [1.165, 1.54) is 66.4 Å². The summed E-state index contributed by atoms with van der Waals surface area (Å²) < 4.78 is 7.08. The molecule has 9 aromatic rings. The van der Waals surface area contributed by atoms with Crippen LogP contribution in [0.5, 0.6) is 11.5 Å². The summed E-state index contributed by atoms with van der Waals surface area (Å²) in [5.41, 5.74) is 16.6. The summed E-state index contributed by atoms with van der Waals surface area (Å²) in [4.78, 5) is 0. The van der Waals surface area contributed by atoms with Crippen molar-refractivity contribution >= 4 is 10.8 Å². The summed E-state index contributed by atoms with van der Waals surface area (Å²) in [6.07, 6.45) is 0. The summed E-state index contributed by atoms with van der Waals surface area (Å²) >= 11 is 0. The fourth-order valence-corrected chi connectivity index (χ4v) is 10.5. The summed E-state index contributed by atoms with van der Waals surface area (Å²) in [6, 6.07) is 76.0. The van der Waals surface area contributed by atoms with Gasteiger partial charge in [0.25, 0.3) is 0 Å². The Hall–Kier alpha value is -6.96. The Morgan fingerprint density at radius 3 is 1.64 bits per heavy atom. The second-order valence-corrected chi connectivity index (χ2v) is 15.1. The summed E-state index contributed by atoms with van der Waals surface area (Å²) in [7, 11) is 0. The molecule has 0 bridgehead atoms. The van der Waals surface area contributed by atoms with Crippen molar-refractivity contribution in [3.05, 3.63) is 251 Å². The normalized spacial score (nSPS) is 16.4. The molecule has 0 saturated heterocycles. The van der Waals surface area contributed by atoms with Crippen molar-refractivity contribution in [3.63, 3.8) is 0 Å². The van der Waals surface area contributed by atoms with E-state index < -0.39 is 10.8 Å². The largest absolute Gasteiger partial charge is 0.456 e. The van der Waals surface area contributed by atoms with Gasteiger partial charge in [-0.15, -0.1) is 0 Å². The van der Waals surface area contributed by atoms with Crippen LogP contribution < -0.4 is 4.74 Å². The van der Waals surface area contributed by atoms with Crippen molar-refractivity contribution in [2.24, 2.45) is 0 Å². The fraction of sp³-hybridized carbons (Fsp3) is 0.0370. The Morgan fingerprint density at radius 2 is 0.891 bits per heavy atom. The molecule has 0 aromatic heterocycles. The molecular formula is C54H34O. The van der Waals surface area contributed by atoms with Gasteiger partial charge in [0.15, 0.2) is 0 Å². The maximum absolute atomic E-state index is 7.08. The molecule has 0 radical (unpaired) electrons. The minimum absolute atomic E-state index is 0.432. The quantitative estimate of drug-likeness (QED) is 0.178. The van der Waals surface area contributed by atoms with Gasteiger partial charge in [-0.25, -0.2) is 0 Å². The highest BCUT2D eigenvalue weighted by molar-refractivity contribution is 6.04. The monoisotopic (exact) mass is 698 g/mol. The predicted molar refractivity (Wildman–Crippen MR) is 224 cm³/mol. The molecule has 9 aromatic carbocycles. The van der Waals surface area contributed by atoms with Gasteiger partial charge in [-0.2, -0.15) is 0 Å². The van der Waals surface area contributed by atoms with Gasteiger partial charge in [0.2, 0.25) is 0 Å². The highest BCUT2D eigenvalue weighted by Gasteiger charge is 2.52. The fourth-order valence-electron chi connectivity index (χ4n) is 10.5. The van der Waals surface area contributed by atoms with Crippen LogP contribution in [0.25, 0.3) is 44.2 Å². The van der Waals surface area contributed by atoms with E-state index in [-0.39, 0.29) is 0 Å². The van der Waals surface area contributed by atoms with E-state index in [9.17, 15) is 0 Å². The van der Waals surface area contributed by atoms with Crippen LogP contribution in [0.15, 0.2) is 206 Å². The van der Waals surface area contributed by atoms with Crippen LogP contribution in [0.3, 0.4) is 0 Å². The zero-order valence-corrected chi connectivity index (χ0v) is 30.0. The van der Waals surface area contributed by atoms with Crippen molar-refractivity contribution in [2.75, 3.05) is 0 Å². The first-order valence-corrected chi connectivity index (χ1v) is 19.2. The lowest BCUT2D eigenvalue weighted by atomic mass is 9.63. The van der Waals surface area contributed by atoms with E-state index in [2.05, 4.69) is 206 Å². The number of hydrogen-bond donors (Lipinski definition) is 0. The molecule has 2 aliphatic carbocycles. The van der Waals surface area contributed by atoms with Crippen molar-refractivity contribution in [3.8, 4) is 44.9 Å². The third kappa shape index (κ3) is 3.87. The molecule has 0 amide bonds. The molecule has 0 saturated carbocycles. The molecule has 1 nitrogen and oxygen atoms in total. The average molecular weight is 699 g/mol. The first-order valence-electron chi connectivity index (χ1n) is 19.2. The number of fused-ring (bicyclic) bond motifs is 14.